The SMILES string of the molecule is CC(CCN)CCc1ccc(-c2cccs2)cc1. The number of rotatable bonds is 6. The van der Waals surface area contributed by atoms with E-state index in [0.717, 1.165) is 25.3 Å². The maximum atomic E-state index is 5.57. The normalized spacial score (nSPS) is 12.6. The number of benzene rings is 1. The molecule has 0 aliphatic heterocycles. The van der Waals surface area contributed by atoms with Crippen LogP contribution in [0, 0.1) is 5.92 Å². The number of nitrogens with two attached hydrogens (primary N) is 1. The standard InChI is InChI=1S/C16H21NS/c1-13(10-11-17)4-5-14-6-8-15(9-7-14)16-3-2-12-18-16/h2-3,6-9,12-13H,4-5,10-11,17H2,1H3. The number of hydrogen-bond donors (Lipinski definition) is 1. The van der Waals surface area contributed by atoms with E-state index in [1.165, 1.54) is 22.4 Å². The van der Waals surface area contributed by atoms with Gasteiger partial charge in [-0.2, -0.15) is 0 Å². The van der Waals surface area contributed by atoms with Crippen LogP contribution in [0.5, 0.6) is 0 Å². The molecule has 2 aromatic rings. The average molecular weight is 259 g/mol. The first-order chi connectivity index (χ1) is 8.79. The fraction of sp³-hybridized carbons (Fsp3) is 0.375. The van der Waals surface area contributed by atoms with Crippen molar-refractivity contribution in [3.63, 3.8) is 0 Å². The highest BCUT2D eigenvalue weighted by Gasteiger charge is 2.03. The molecule has 1 aromatic heterocycles. The summed E-state index contributed by atoms with van der Waals surface area (Å²) in [5, 5.41) is 2.12. The van der Waals surface area contributed by atoms with Gasteiger partial charge in [-0.3, -0.25) is 0 Å². The molecule has 0 bridgehead atoms. The minimum atomic E-state index is 0.729. The van der Waals surface area contributed by atoms with Gasteiger partial charge in [0.25, 0.3) is 0 Å². The van der Waals surface area contributed by atoms with Gasteiger partial charge in [0, 0.05) is 4.88 Å². The Kier molecular flexibility index (Phi) is 4.97. The van der Waals surface area contributed by atoms with Gasteiger partial charge >= 0.3 is 0 Å². The Balaban J connectivity index is 1.92. The lowest BCUT2D eigenvalue weighted by molar-refractivity contribution is 0.500. The third-order valence-corrected chi connectivity index (χ3v) is 4.26. The molecule has 0 aliphatic carbocycles. The van der Waals surface area contributed by atoms with Crippen LogP contribution in [-0.4, -0.2) is 6.54 Å². The molecule has 0 amide bonds. The average Bonchev–Trinajstić information content (AvgIpc) is 2.91. The van der Waals surface area contributed by atoms with Gasteiger partial charge in [-0.05, 0) is 54.3 Å². The van der Waals surface area contributed by atoms with Crippen molar-refractivity contribution in [2.24, 2.45) is 11.7 Å². The fourth-order valence-corrected chi connectivity index (χ4v) is 2.85. The van der Waals surface area contributed by atoms with Gasteiger partial charge in [-0.1, -0.05) is 37.3 Å². The summed E-state index contributed by atoms with van der Waals surface area (Å²) >= 11 is 1.79. The Hall–Kier alpha value is -1.12. The second-order valence-electron chi connectivity index (χ2n) is 4.90. The smallest absolute Gasteiger partial charge is 0.0342 e. The van der Waals surface area contributed by atoms with Crippen molar-refractivity contribution in [1.82, 2.24) is 0 Å². The van der Waals surface area contributed by atoms with E-state index in [2.05, 4.69) is 48.7 Å². The highest BCUT2D eigenvalue weighted by Crippen LogP contribution is 2.25. The van der Waals surface area contributed by atoms with Crippen molar-refractivity contribution in [1.29, 1.82) is 0 Å². The molecule has 1 nitrogen and oxygen atoms in total. The van der Waals surface area contributed by atoms with Crippen molar-refractivity contribution >= 4 is 11.3 Å². The lowest BCUT2D eigenvalue weighted by Crippen LogP contribution is -2.06. The van der Waals surface area contributed by atoms with Gasteiger partial charge in [0.1, 0.15) is 0 Å². The summed E-state index contributed by atoms with van der Waals surface area (Å²) in [6, 6.07) is 13.2. The van der Waals surface area contributed by atoms with Crippen LogP contribution >= 0.6 is 11.3 Å². The molecular weight excluding hydrogens is 238 g/mol. The van der Waals surface area contributed by atoms with Crippen molar-refractivity contribution in [2.45, 2.75) is 26.2 Å². The van der Waals surface area contributed by atoms with Crippen LogP contribution in [0.15, 0.2) is 41.8 Å². The summed E-state index contributed by atoms with van der Waals surface area (Å²) in [6.45, 7) is 3.09. The van der Waals surface area contributed by atoms with Gasteiger partial charge < -0.3 is 5.73 Å². The molecule has 0 saturated carbocycles. The zero-order valence-electron chi connectivity index (χ0n) is 10.9. The van der Waals surface area contributed by atoms with Crippen LogP contribution < -0.4 is 5.73 Å². The number of thiophene rings is 1. The second kappa shape index (κ2) is 6.72. The Morgan fingerprint density at radius 1 is 1.11 bits per heavy atom. The molecule has 1 unspecified atom stereocenters. The maximum Gasteiger partial charge on any atom is 0.0342 e. The van der Waals surface area contributed by atoms with E-state index >= 15 is 0 Å². The number of hydrogen-bond acceptors (Lipinski definition) is 2. The van der Waals surface area contributed by atoms with Crippen LogP contribution in [-0.2, 0) is 6.42 Å². The van der Waals surface area contributed by atoms with Crippen molar-refractivity contribution in [3.8, 4) is 10.4 Å². The van der Waals surface area contributed by atoms with Gasteiger partial charge in [0.05, 0.1) is 0 Å². The number of aryl methyl sites for hydroxylation is 1. The molecule has 1 aromatic carbocycles. The Morgan fingerprint density at radius 3 is 2.50 bits per heavy atom. The highest BCUT2D eigenvalue weighted by molar-refractivity contribution is 7.13. The summed E-state index contributed by atoms with van der Waals surface area (Å²) in [4.78, 5) is 1.35. The molecule has 0 saturated heterocycles. The van der Waals surface area contributed by atoms with Crippen LogP contribution in [0.25, 0.3) is 10.4 Å². The summed E-state index contributed by atoms with van der Waals surface area (Å²) in [7, 11) is 0. The summed E-state index contributed by atoms with van der Waals surface area (Å²) in [5.41, 5.74) is 8.33. The molecular formula is C16H21NS. The van der Waals surface area contributed by atoms with E-state index in [1.807, 2.05) is 0 Å². The van der Waals surface area contributed by atoms with Crippen LogP contribution in [0.4, 0.5) is 0 Å². The van der Waals surface area contributed by atoms with E-state index in [9.17, 15) is 0 Å². The van der Waals surface area contributed by atoms with Crippen molar-refractivity contribution in [3.05, 3.63) is 47.3 Å². The highest BCUT2D eigenvalue weighted by atomic mass is 32.1. The second-order valence-corrected chi connectivity index (χ2v) is 5.84. The molecule has 1 heterocycles. The summed E-state index contributed by atoms with van der Waals surface area (Å²) < 4.78 is 0. The lowest BCUT2D eigenvalue weighted by Gasteiger charge is -2.09. The molecule has 2 N–H and O–H groups in total. The third-order valence-electron chi connectivity index (χ3n) is 3.34. The molecule has 2 heteroatoms. The van der Waals surface area contributed by atoms with Crippen LogP contribution in [0.2, 0.25) is 0 Å². The third kappa shape index (κ3) is 3.69. The molecule has 1 atom stereocenters. The van der Waals surface area contributed by atoms with E-state index in [-0.39, 0.29) is 0 Å². The minimum absolute atomic E-state index is 0.729. The lowest BCUT2D eigenvalue weighted by atomic mass is 9.98. The molecule has 18 heavy (non-hydrogen) atoms. The van der Waals surface area contributed by atoms with E-state index in [0.29, 0.717) is 0 Å². The van der Waals surface area contributed by atoms with E-state index in [1.54, 1.807) is 11.3 Å². The van der Waals surface area contributed by atoms with Crippen molar-refractivity contribution in [2.75, 3.05) is 6.54 Å². The molecule has 0 aliphatic rings. The quantitative estimate of drug-likeness (QED) is 0.821. The Bertz CT molecular complexity index is 444. The van der Waals surface area contributed by atoms with Gasteiger partial charge in [-0.15, -0.1) is 11.3 Å². The summed E-state index contributed by atoms with van der Waals surface area (Å²) in [5.74, 6) is 0.729. The summed E-state index contributed by atoms with van der Waals surface area (Å²) in [6.07, 6.45) is 3.52. The van der Waals surface area contributed by atoms with Gasteiger partial charge in [0.15, 0.2) is 0 Å². The van der Waals surface area contributed by atoms with Crippen LogP contribution in [0.3, 0.4) is 0 Å². The molecule has 0 radical (unpaired) electrons. The molecule has 0 spiro atoms. The zero-order valence-corrected chi connectivity index (χ0v) is 11.7. The van der Waals surface area contributed by atoms with Crippen LogP contribution in [0.1, 0.15) is 25.3 Å². The van der Waals surface area contributed by atoms with Gasteiger partial charge in [-0.25, -0.2) is 0 Å². The maximum absolute atomic E-state index is 5.57. The minimum Gasteiger partial charge on any atom is -0.330 e. The van der Waals surface area contributed by atoms with Gasteiger partial charge in [0.2, 0.25) is 0 Å². The fourth-order valence-electron chi connectivity index (χ4n) is 2.12. The Morgan fingerprint density at radius 2 is 1.89 bits per heavy atom. The Labute approximate surface area is 114 Å². The van der Waals surface area contributed by atoms with E-state index < -0.39 is 0 Å². The molecule has 2 rings (SSSR count). The molecule has 96 valence electrons. The predicted octanol–water partition coefficient (Wildman–Crippen LogP) is 4.33. The first-order valence-corrected chi connectivity index (χ1v) is 7.50. The monoisotopic (exact) mass is 259 g/mol. The first kappa shape index (κ1) is 13.3. The van der Waals surface area contributed by atoms with E-state index in [4.69, 9.17) is 5.73 Å². The largest absolute Gasteiger partial charge is 0.330 e. The first-order valence-electron chi connectivity index (χ1n) is 6.62. The molecule has 0 fully saturated rings. The predicted molar refractivity (Wildman–Crippen MR) is 80.9 cm³/mol. The van der Waals surface area contributed by atoms with Crippen molar-refractivity contribution < 1.29 is 0 Å². The zero-order chi connectivity index (χ0) is 12.8. The topological polar surface area (TPSA) is 26.0 Å².